The van der Waals surface area contributed by atoms with Gasteiger partial charge in [-0.05, 0) is 43.5 Å². The van der Waals surface area contributed by atoms with Crippen molar-refractivity contribution in [3.8, 4) is 5.69 Å². The van der Waals surface area contributed by atoms with E-state index < -0.39 is 0 Å². The Balaban J connectivity index is 2.12. The highest BCUT2D eigenvalue weighted by atomic mass is 35.5. The minimum absolute atomic E-state index is 0.695. The molecule has 4 nitrogen and oxygen atoms in total. The molecule has 0 aliphatic heterocycles. The summed E-state index contributed by atoms with van der Waals surface area (Å²) in [4.78, 5) is 3.90. The van der Waals surface area contributed by atoms with E-state index in [-0.39, 0.29) is 0 Å². The van der Waals surface area contributed by atoms with Crippen molar-refractivity contribution in [3.05, 3.63) is 41.4 Å². The molecule has 0 saturated heterocycles. The number of aryl methyl sites for hydroxylation is 1. The first kappa shape index (κ1) is 12.1. The van der Waals surface area contributed by atoms with Crippen LogP contribution in [-0.2, 0) is 6.42 Å². The van der Waals surface area contributed by atoms with Gasteiger partial charge in [-0.15, -0.1) is 0 Å². The summed E-state index contributed by atoms with van der Waals surface area (Å²) in [6.07, 6.45) is 6.27. The highest BCUT2D eigenvalue weighted by Gasteiger charge is 2.04. The Hall–Kier alpha value is -1.39. The Bertz CT molecular complexity index is 467. The van der Waals surface area contributed by atoms with Crippen LogP contribution < -0.4 is 5.73 Å². The molecule has 1 aromatic heterocycles. The zero-order chi connectivity index (χ0) is 12.1. The number of nitrogens with zero attached hydrogens (tertiary/aromatic N) is 3. The molecule has 0 aliphatic carbocycles. The molecule has 0 spiro atoms. The van der Waals surface area contributed by atoms with Crippen molar-refractivity contribution in [1.29, 1.82) is 0 Å². The number of benzene rings is 1. The normalized spacial score (nSPS) is 10.7. The van der Waals surface area contributed by atoms with Crippen molar-refractivity contribution in [3.63, 3.8) is 0 Å². The van der Waals surface area contributed by atoms with Crippen LogP contribution in [0.2, 0.25) is 5.02 Å². The van der Waals surface area contributed by atoms with Gasteiger partial charge in [-0.25, -0.2) is 9.67 Å². The average molecular weight is 251 g/mol. The Kier molecular flexibility index (Phi) is 4.12. The molecule has 2 aromatic rings. The van der Waals surface area contributed by atoms with Crippen LogP contribution in [0.4, 0.5) is 0 Å². The lowest BCUT2D eigenvalue weighted by Gasteiger charge is -2.06. The summed E-state index contributed by atoms with van der Waals surface area (Å²) in [6.45, 7) is 0.741. The molecule has 90 valence electrons. The molecule has 1 aromatic carbocycles. The minimum atomic E-state index is 0.695. The summed E-state index contributed by atoms with van der Waals surface area (Å²) < 4.78 is 1.66. The van der Waals surface area contributed by atoms with Crippen LogP contribution in [0, 0.1) is 0 Å². The van der Waals surface area contributed by atoms with Gasteiger partial charge in [-0.3, -0.25) is 0 Å². The van der Waals surface area contributed by atoms with Crippen molar-refractivity contribution in [2.24, 2.45) is 5.73 Å². The number of hydrogen-bond acceptors (Lipinski definition) is 3. The van der Waals surface area contributed by atoms with Gasteiger partial charge in [-0.1, -0.05) is 17.7 Å². The van der Waals surface area contributed by atoms with E-state index in [0.29, 0.717) is 5.02 Å². The molecule has 0 unspecified atom stereocenters. The van der Waals surface area contributed by atoms with Gasteiger partial charge in [-0.2, -0.15) is 5.10 Å². The summed E-state index contributed by atoms with van der Waals surface area (Å²) in [7, 11) is 0. The number of nitrogens with two attached hydrogens (primary N) is 1. The third-order valence-corrected chi connectivity index (χ3v) is 2.90. The summed E-state index contributed by atoms with van der Waals surface area (Å²) in [6, 6.07) is 6.02. The number of unbranched alkanes of at least 4 members (excludes halogenated alkanes) is 1. The molecule has 5 heteroatoms. The van der Waals surface area contributed by atoms with Gasteiger partial charge in [0.2, 0.25) is 0 Å². The van der Waals surface area contributed by atoms with E-state index in [9.17, 15) is 0 Å². The molecule has 0 aliphatic rings. The molecular weight excluding hydrogens is 236 g/mol. The van der Waals surface area contributed by atoms with Gasteiger partial charge in [0.05, 0.1) is 10.7 Å². The number of rotatable bonds is 5. The number of hydrogen-bond donors (Lipinski definition) is 1. The quantitative estimate of drug-likeness (QED) is 0.828. The van der Waals surface area contributed by atoms with Crippen LogP contribution in [0.15, 0.2) is 30.9 Å². The first-order valence-corrected chi connectivity index (χ1v) is 6.02. The lowest BCUT2D eigenvalue weighted by Crippen LogP contribution is -2.00. The molecule has 0 radical (unpaired) electrons. The van der Waals surface area contributed by atoms with E-state index in [2.05, 4.69) is 16.1 Å². The maximum atomic E-state index is 6.22. The van der Waals surface area contributed by atoms with Crippen molar-refractivity contribution in [2.75, 3.05) is 6.54 Å². The Morgan fingerprint density at radius 1 is 1.29 bits per heavy atom. The van der Waals surface area contributed by atoms with Crippen LogP contribution >= 0.6 is 11.6 Å². The molecule has 0 atom stereocenters. The van der Waals surface area contributed by atoms with Gasteiger partial charge < -0.3 is 5.73 Å². The Morgan fingerprint density at radius 3 is 2.82 bits per heavy atom. The van der Waals surface area contributed by atoms with Crippen LogP contribution in [0.1, 0.15) is 18.4 Å². The Labute approximate surface area is 105 Å². The number of aromatic nitrogens is 3. The molecule has 0 amide bonds. The lowest BCUT2D eigenvalue weighted by molar-refractivity contribution is 0.744. The first-order chi connectivity index (χ1) is 8.31. The van der Waals surface area contributed by atoms with Gasteiger partial charge in [0, 0.05) is 0 Å². The maximum Gasteiger partial charge on any atom is 0.138 e. The van der Waals surface area contributed by atoms with Gasteiger partial charge in [0.25, 0.3) is 0 Å². The van der Waals surface area contributed by atoms with Gasteiger partial charge in [0.1, 0.15) is 12.7 Å². The zero-order valence-corrected chi connectivity index (χ0v) is 10.3. The summed E-state index contributed by atoms with van der Waals surface area (Å²) in [5, 5.41) is 4.75. The monoisotopic (exact) mass is 250 g/mol. The molecule has 0 bridgehead atoms. The highest BCUT2D eigenvalue weighted by molar-refractivity contribution is 6.32. The molecule has 2 N–H and O–H groups in total. The van der Waals surface area contributed by atoms with E-state index in [4.69, 9.17) is 17.3 Å². The maximum absolute atomic E-state index is 6.22. The molecule has 0 fully saturated rings. The van der Waals surface area contributed by atoms with Crippen LogP contribution in [-0.4, -0.2) is 21.3 Å². The number of halogens is 1. The van der Waals surface area contributed by atoms with Crippen LogP contribution in [0.25, 0.3) is 5.69 Å². The van der Waals surface area contributed by atoms with Gasteiger partial charge in [0.15, 0.2) is 0 Å². The largest absolute Gasteiger partial charge is 0.330 e. The summed E-state index contributed by atoms with van der Waals surface area (Å²) in [5.41, 5.74) is 7.55. The second kappa shape index (κ2) is 5.80. The molecule has 1 heterocycles. The van der Waals surface area contributed by atoms with Crippen molar-refractivity contribution in [1.82, 2.24) is 14.8 Å². The zero-order valence-electron chi connectivity index (χ0n) is 9.51. The first-order valence-electron chi connectivity index (χ1n) is 5.65. The second-order valence-corrected chi connectivity index (χ2v) is 4.28. The molecule has 0 saturated carbocycles. The second-order valence-electron chi connectivity index (χ2n) is 3.87. The fourth-order valence-electron chi connectivity index (χ4n) is 1.70. The third-order valence-electron chi connectivity index (χ3n) is 2.60. The Morgan fingerprint density at radius 2 is 2.18 bits per heavy atom. The fraction of sp³-hybridized carbons (Fsp3) is 0.333. The lowest BCUT2D eigenvalue weighted by atomic mass is 10.1. The van der Waals surface area contributed by atoms with Crippen LogP contribution in [0.5, 0.6) is 0 Å². The predicted molar refractivity (Wildman–Crippen MR) is 68.4 cm³/mol. The fourth-order valence-corrected chi connectivity index (χ4v) is 1.99. The van der Waals surface area contributed by atoms with Gasteiger partial charge >= 0.3 is 0 Å². The summed E-state index contributed by atoms with van der Waals surface area (Å²) in [5.74, 6) is 0. The summed E-state index contributed by atoms with van der Waals surface area (Å²) >= 11 is 6.22. The van der Waals surface area contributed by atoms with Crippen molar-refractivity contribution >= 4 is 11.6 Å². The standard InChI is InChI=1S/C12H15ClN4/c13-11-7-10(3-1-2-6-14)4-5-12(11)17-9-15-8-16-17/h4-5,7-9H,1-3,6,14H2. The van der Waals surface area contributed by atoms with E-state index in [0.717, 1.165) is 31.5 Å². The van der Waals surface area contributed by atoms with E-state index in [1.165, 1.54) is 11.9 Å². The van der Waals surface area contributed by atoms with E-state index >= 15 is 0 Å². The molecule has 2 rings (SSSR count). The minimum Gasteiger partial charge on any atom is -0.330 e. The predicted octanol–water partition coefficient (Wildman–Crippen LogP) is 2.20. The van der Waals surface area contributed by atoms with E-state index in [1.54, 1.807) is 11.0 Å². The van der Waals surface area contributed by atoms with Crippen molar-refractivity contribution in [2.45, 2.75) is 19.3 Å². The van der Waals surface area contributed by atoms with Crippen LogP contribution in [0.3, 0.4) is 0 Å². The average Bonchev–Trinajstić information content (AvgIpc) is 2.83. The SMILES string of the molecule is NCCCCc1ccc(-n2cncn2)c(Cl)c1. The smallest absolute Gasteiger partial charge is 0.138 e. The topological polar surface area (TPSA) is 56.7 Å². The molecular formula is C12H15ClN4. The molecule has 17 heavy (non-hydrogen) atoms. The van der Waals surface area contributed by atoms with E-state index in [1.807, 2.05) is 12.1 Å². The third kappa shape index (κ3) is 3.05. The van der Waals surface area contributed by atoms with Crippen molar-refractivity contribution < 1.29 is 0 Å². The highest BCUT2D eigenvalue weighted by Crippen LogP contribution is 2.21.